The second kappa shape index (κ2) is 42.4. The molecule has 674 valence electrons. The minimum Gasteiger partial charge on any atom is -0.247 e. The Bertz CT molecular complexity index is 2600. The molecule has 9 aliphatic carbocycles. The molecule has 25 unspecified atom stereocenters. The van der Waals surface area contributed by atoms with Crippen LogP contribution in [-0.2, 0) is 0 Å². The molecule has 0 aliphatic heterocycles. The van der Waals surface area contributed by atoms with Crippen LogP contribution in [-0.4, -0.2) is 85.2 Å². The van der Waals surface area contributed by atoms with Gasteiger partial charge in [0.25, 0.3) is 5.92 Å². The summed E-state index contributed by atoms with van der Waals surface area (Å²) in [7, 11) is 0. The third kappa shape index (κ3) is 29.9. The van der Waals surface area contributed by atoms with E-state index in [-0.39, 0.29) is 74.0 Å². The lowest BCUT2D eigenvalue weighted by Crippen LogP contribution is -2.52. The van der Waals surface area contributed by atoms with Gasteiger partial charge in [-0.3, -0.25) is 0 Å². The number of alkyl halides is 31. The van der Waals surface area contributed by atoms with Crippen LogP contribution in [0.3, 0.4) is 0 Å². The minimum absolute atomic E-state index is 0.119. The van der Waals surface area contributed by atoms with Crippen molar-refractivity contribution in [1.29, 1.82) is 0 Å². The maximum atomic E-state index is 12.9. The Hall–Kier alpha value is -2.17. The molecule has 9 aliphatic rings. The van der Waals surface area contributed by atoms with Gasteiger partial charge in [0.15, 0.2) is 0 Å². The monoisotopic (exact) mass is 1700 g/mol. The molecule has 0 bridgehead atoms. The third-order valence-electron chi connectivity index (χ3n) is 27.2. The molecule has 0 N–H and O–H groups in total. The highest BCUT2D eigenvalue weighted by molar-refractivity contribution is 5.19. The Morgan fingerprint density at radius 3 is 0.830 bits per heavy atom. The third-order valence-corrected chi connectivity index (χ3v) is 27.2. The first kappa shape index (κ1) is 106. The summed E-state index contributed by atoms with van der Waals surface area (Å²) in [6.45, 7) is 38.1. The quantitative estimate of drug-likeness (QED) is 0.230. The Morgan fingerprint density at radius 2 is 0.643 bits per heavy atom. The first-order valence-electron chi connectivity index (χ1n) is 40.7. The Morgan fingerprint density at radius 1 is 0.312 bits per heavy atom. The molecular weight excluding hydrogens is 1560 g/mol. The van der Waals surface area contributed by atoms with Crippen LogP contribution in [0.2, 0.25) is 0 Å². The normalized spacial score (nSPS) is 42.0. The molecule has 9 rings (SSSR count). The van der Waals surface area contributed by atoms with Crippen LogP contribution in [0.5, 0.6) is 0 Å². The SMILES string of the molecule is CC1C(C)C(C(F)(F)F)C(C)C1C(F)(F)F.CC1C(F)(F)C(C)(F)C(F)(F)C1(F)F.CC1C(F)C(C)C(F)C1F.CC1CC(C)C(C(F)(F)F)C1.CC1CC(C)CC(C(F)(F)F)C1.CC1CCC(C)C1C.CC1CCCC(C(F)(F)F)C1C.CCC(C)(C)C(F)(F)F.[2H]C1(C)C(C)CCC1C.[2H]C1(C)C(C)CCCC1C(F)(F)F. The van der Waals surface area contributed by atoms with Gasteiger partial charge in [-0.1, -0.05) is 211 Å². The van der Waals surface area contributed by atoms with Gasteiger partial charge >= 0.3 is 55.1 Å². The first-order valence-corrected chi connectivity index (χ1v) is 39.7. The maximum Gasteiger partial charge on any atom is 0.393 e. The van der Waals surface area contributed by atoms with Crippen molar-refractivity contribution in [2.75, 3.05) is 0 Å². The zero-order chi connectivity index (χ0) is 90.9. The fraction of sp³-hybridized carbons (Fsp3) is 1.00. The van der Waals surface area contributed by atoms with Gasteiger partial charge in [-0.25, -0.2) is 26.3 Å². The summed E-state index contributed by atoms with van der Waals surface area (Å²) >= 11 is 0. The van der Waals surface area contributed by atoms with Gasteiger partial charge in [0, 0.05) is 14.6 Å². The lowest BCUT2D eigenvalue weighted by Gasteiger charge is -2.35. The van der Waals surface area contributed by atoms with Crippen LogP contribution in [0.25, 0.3) is 0 Å². The van der Waals surface area contributed by atoms with Crippen molar-refractivity contribution in [2.24, 2.45) is 159 Å². The molecule has 0 spiro atoms. The van der Waals surface area contributed by atoms with Gasteiger partial charge in [-0.2, -0.15) is 110 Å². The predicted octanol–water partition coefficient (Wildman–Crippen LogP) is 32.3. The zero-order valence-corrected chi connectivity index (χ0v) is 69.6. The van der Waals surface area contributed by atoms with Crippen LogP contribution in [0.4, 0.5) is 136 Å². The number of hydrogen-bond acceptors (Lipinski definition) is 0. The molecule has 112 heavy (non-hydrogen) atoms. The molecule has 0 aromatic carbocycles. The summed E-state index contributed by atoms with van der Waals surface area (Å²) in [6.07, 6.45) is -22.1. The molecule has 0 aromatic heterocycles. The van der Waals surface area contributed by atoms with Gasteiger partial charge in [-0.05, 0) is 159 Å². The van der Waals surface area contributed by atoms with E-state index in [1.54, 1.807) is 20.8 Å². The van der Waals surface area contributed by atoms with Crippen molar-refractivity contribution in [2.45, 2.75) is 354 Å². The predicted molar refractivity (Wildman–Crippen MR) is 379 cm³/mol. The smallest absolute Gasteiger partial charge is 0.247 e. The van der Waals surface area contributed by atoms with E-state index in [9.17, 15) is 136 Å². The van der Waals surface area contributed by atoms with Crippen molar-refractivity contribution < 1.29 is 139 Å². The molecule has 25 atom stereocenters. The summed E-state index contributed by atoms with van der Waals surface area (Å²) in [5.74, 6) is -28.3. The molecule has 0 aromatic rings. The van der Waals surface area contributed by atoms with E-state index in [1.807, 2.05) is 27.7 Å². The van der Waals surface area contributed by atoms with Crippen LogP contribution in [0, 0.1) is 159 Å². The van der Waals surface area contributed by atoms with Crippen LogP contribution in [0.15, 0.2) is 0 Å². The standard InChI is InChI=1S/C10H14F6.3C9H15F3.C8H13F3.2C8H16.C7H7F7.C7H11F3.C6H11F3/c1-4-5(2)8(10(14,15)16)6(3)7(4)9(11,12)13;1-6-3-7(2)5-8(4-6)9(10,11)12;2*1-6-4-3-5-8(7(6)2)9(10,11)12;1-5-3-6(2)7(4-5)8(9,10)11;2*1-6-4-5-7(2)8(6)3;1-3-5(9,10)4(2,8)7(13,14)6(3,11)12;1-3-5(8)4(2)7(10)6(3)9;1-4-5(2,3)6(7,8)9/h4-8H,1-3H3;3*6-8H,3-5H2,1-2H3;5-7H,3-4H2,1-2H3;2*6-8H,4-5H2,1-3H3;3H,1-2H3;3-7H,1-2H3;4H2,1-3H3/i;;7D;;;8D;;;;. The van der Waals surface area contributed by atoms with Gasteiger partial charge in [0.1, 0.15) is 18.5 Å². The van der Waals surface area contributed by atoms with Crippen molar-refractivity contribution >= 4 is 0 Å². The molecule has 31 heteroatoms. The van der Waals surface area contributed by atoms with E-state index in [2.05, 4.69) is 41.5 Å². The molecule has 0 amide bonds. The molecule has 9 saturated carbocycles. The highest BCUT2D eigenvalue weighted by atomic mass is 19.4. The van der Waals surface area contributed by atoms with Crippen molar-refractivity contribution in [3.05, 3.63) is 0 Å². The summed E-state index contributed by atoms with van der Waals surface area (Å²) < 4.78 is 402. The largest absolute Gasteiger partial charge is 0.393 e. The molecule has 0 saturated heterocycles. The second-order valence-electron chi connectivity index (χ2n) is 36.0. The van der Waals surface area contributed by atoms with E-state index >= 15 is 0 Å². The summed E-state index contributed by atoms with van der Waals surface area (Å²) in [6, 6.07) is 0. The molecule has 0 radical (unpaired) electrons. The second-order valence-corrected chi connectivity index (χ2v) is 36.0. The number of hydrogen-bond donors (Lipinski definition) is 0. The van der Waals surface area contributed by atoms with Gasteiger partial charge in [0.2, 0.25) is 5.67 Å². The topological polar surface area (TPSA) is 0 Å². The Kier molecular flexibility index (Phi) is 40.1. The summed E-state index contributed by atoms with van der Waals surface area (Å²) in [4.78, 5) is 0. The first-order chi connectivity index (χ1) is 50.5. The number of halogens is 31. The van der Waals surface area contributed by atoms with Crippen molar-refractivity contribution in [1.82, 2.24) is 0 Å². The van der Waals surface area contributed by atoms with E-state index in [0.29, 0.717) is 43.9 Å². The Balaban J connectivity index is 0.00000125. The highest BCUT2D eigenvalue weighted by Gasteiger charge is 2.88. The number of rotatable bonds is 1. The molecule has 0 heterocycles. The van der Waals surface area contributed by atoms with Crippen molar-refractivity contribution in [3.63, 3.8) is 0 Å². The highest BCUT2D eigenvalue weighted by Crippen LogP contribution is 2.65. The fourth-order valence-corrected chi connectivity index (χ4v) is 17.2. The van der Waals surface area contributed by atoms with E-state index in [0.717, 1.165) is 56.8 Å². The van der Waals surface area contributed by atoms with E-state index < -0.39 is 168 Å². The zero-order valence-electron chi connectivity index (χ0n) is 71.6. The molecule has 0 nitrogen and oxygen atoms in total. The van der Waals surface area contributed by atoms with Gasteiger partial charge in [0.05, 0.1) is 46.8 Å². The average molecular weight is 1700 g/mol. The van der Waals surface area contributed by atoms with Crippen LogP contribution < -0.4 is 0 Å². The van der Waals surface area contributed by atoms with Gasteiger partial charge < -0.3 is 0 Å². The van der Waals surface area contributed by atoms with Crippen LogP contribution >= 0.6 is 0 Å². The van der Waals surface area contributed by atoms with E-state index in [1.165, 1.54) is 81.1 Å². The summed E-state index contributed by atoms with van der Waals surface area (Å²) in [5.41, 5.74) is -6.05. The Labute approximate surface area is 650 Å². The van der Waals surface area contributed by atoms with Crippen molar-refractivity contribution in [3.8, 4) is 0 Å². The maximum absolute atomic E-state index is 12.9. The van der Waals surface area contributed by atoms with Gasteiger partial charge in [-0.15, -0.1) is 0 Å². The average Bonchev–Trinajstić information content (AvgIpc) is 1.53. The van der Waals surface area contributed by atoms with Crippen LogP contribution in [0.1, 0.15) is 272 Å². The summed E-state index contributed by atoms with van der Waals surface area (Å²) in [5, 5.41) is 0. The lowest BCUT2D eigenvalue weighted by atomic mass is 9.73. The molecule has 9 fully saturated rings. The fourth-order valence-electron chi connectivity index (χ4n) is 17.2. The lowest BCUT2D eigenvalue weighted by molar-refractivity contribution is -0.248. The minimum atomic E-state index is -5.36. The molecular formula is C81H133F31. The van der Waals surface area contributed by atoms with E-state index in [4.69, 9.17) is 2.74 Å².